The Kier molecular flexibility index (Phi) is 6.36. The van der Waals surface area contributed by atoms with Crippen molar-refractivity contribution in [1.82, 2.24) is 5.32 Å². The summed E-state index contributed by atoms with van der Waals surface area (Å²) >= 11 is 4.07. The highest BCUT2D eigenvalue weighted by Gasteiger charge is 2.18. The molecule has 0 aromatic rings. The van der Waals surface area contributed by atoms with Crippen LogP contribution in [0.25, 0.3) is 0 Å². The standard InChI is InChI=1S/C9H17NO3S/c1-6(2)3-7(5-14)9(13)10-4-8(11)12/h6-7,14H,3-5H2,1-2H3,(H,10,13)(H,11,12). The highest BCUT2D eigenvalue weighted by Crippen LogP contribution is 2.12. The number of carbonyl (C=O) groups is 2. The average molecular weight is 219 g/mol. The number of thiol groups is 1. The van der Waals surface area contributed by atoms with E-state index in [-0.39, 0.29) is 18.4 Å². The number of carboxylic acid groups (broad SMARTS) is 1. The first kappa shape index (κ1) is 13.3. The van der Waals surface area contributed by atoms with Crippen LogP contribution in [0.15, 0.2) is 0 Å². The van der Waals surface area contributed by atoms with Gasteiger partial charge in [0.15, 0.2) is 0 Å². The fraction of sp³-hybridized carbons (Fsp3) is 0.778. The van der Waals surface area contributed by atoms with E-state index in [1.807, 2.05) is 13.8 Å². The van der Waals surface area contributed by atoms with Gasteiger partial charge in [-0.3, -0.25) is 9.59 Å². The molecular weight excluding hydrogens is 202 g/mol. The molecule has 0 aliphatic rings. The molecule has 0 aromatic heterocycles. The number of aliphatic carboxylic acids is 1. The molecule has 0 heterocycles. The molecule has 2 N–H and O–H groups in total. The van der Waals surface area contributed by atoms with Crippen LogP contribution >= 0.6 is 12.6 Å². The minimum atomic E-state index is -1.03. The van der Waals surface area contributed by atoms with Gasteiger partial charge in [-0.15, -0.1) is 0 Å². The van der Waals surface area contributed by atoms with Crippen LogP contribution in [0.4, 0.5) is 0 Å². The Labute approximate surface area is 89.5 Å². The number of nitrogens with one attached hydrogen (secondary N) is 1. The first-order chi connectivity index (χ1) is 6.47. The number of carbonyl (C=O) groups excluding carboxylic acids is 1. The smallest absolute Gasteiger partial charge is 0.322 e. The summed E-state index contributed by atoms with van der Waals surface area (Å²) in [5.41, 5.74) is 0. The maximum Gasteiger partial charge on any atom is 0.322 e. The van der Waals surface area contributed by atoms with Gasteiger partial charge in [0.2, 0.25) is 5.91 Å². The van der Waals surface area contributed by atoms with Crippen molar-refractivity contribution in [3.8, 4) is 0 Å². The lowest BCUT2D eigenvalue weighted by Gasteiger charge is -2.15. The normalized spacial score (nSPS) is 12.6. The summed E-state index contributed by atoms with van der Waals surface area (Å²) in [5, 5.41) is 10.7. The van der Waals surface area contributed by atoms with Gasteiger partial charge in [-0.1, -0.05) is 13.8 Å². The lowest BCUT2D eigenvalue weighted by molar-refractivity contribution is -0.138. The third-order valence-corrected chi connectivity index (χ3v) is 2.20. The predicted octanol–water partition coefficient (Wildman–Crippen LogP) is 0.779. The summed E-state index contributed by atoms with van der Waals surface area (Å²) < 4.78 is 0. The minimum Gasteiger partial charge on any atom is -0.480 e. The summed E-state index contributed by atoms with van der Waals surface area (Å²) in [5.74, 6) is -0.596. The van der Waals surface area contributed by atoms with E-state index in [4.69, 9.17) is 5.11 Å². The van der Waals surface area contributed by atoms with Gasteiger partial charge < -0.3 is 10.4 Å². The highest BCUT2D eigenvalue weighted by molar-refractivity contribution is 7.80. The van der Waals surface area contributed by atoms with Crippen LogP contribution in [0.3, 0.4) is 0 Å². The summed E-state index contributed by atoms with van der Waals surface area (Å²) in [7, 11) is 0. The SMILES string of the molecule is CC(C)CC(CS)C(=O)NCC(=O)O. The quantitative estimate of drug-likeness (QED) is 0.578. The van der Waals surface area contributed by atoms with E-state index in [1.54, 1.807) is 0 Å². The number of carboxylic acids is 1. The van der Waals surface area contributed by atoms with Crippen molar-refractivity contribution in [3.63, 3.8) is 0 Å². The molecule has 0 saturated carbocycles. The number of hydrogen-bond donors (Lipinski definition) is 3. The fourth-order valence-corrected chi connectivity index (χ4v) is 1.46. The molecule has 5 heteroatoms. The fourth-order valence-electron chi connectivity index (χ4n) is 1.14. The third kappa shape index (κ3) is 5.85. The summed E-state index contributed by atoms with van der Waals surface area (Å²) in [6, 6.07) is 0. The van der Waals surface area contributed by atoms with Crippen LogP contribution < -0.4 is 5.32 Å². The van der Waals surface area contributed by atoms with Gasteiger partial charge in [-0.05, 0) is 12.3 Å². The van der Waals surface area contributed by atoms with Crippen molar-refractivity contribution >= 4 is 24.5 Å². The topological polar surface area (TPSA) is 66.4 Å². The van der Waals surface area contributed by atoms with Crippen LogP contribution in [-0.2, 0) is 9.59 Å². The molecule has 0 bridgehead atoms. The van der Waals surface area contributed by atoms with Gasteiger partial charge in [0.25, 0.3) is 0 Å². The molecule has 4 nitrogen and oxygen atoms in total. The Bertz CT molecular complexity index is 206. The molecule has 82 valence electrons. The van der Waals surface area contributed by atoms with E-state index < -0.39 is 5.97 Å². The van der Waals surface area contributed by atoms with Gasteiger partial charge in [0, 0.05) is 11.7 Å². The van der Waals surface area contributed by atoms with Gasteiger partial charge in [0.1, 0.15) is 6.54 Å². The molecule has 0 aliphatic heterocycles. The van der Waals surface area contributed by atoms with Crippen molar-refractivity contribution in [2.75, 3.05) is 12.3 Å². The molecule has 1 atom stereocenters. The van der Waals surface area contributed by atoms with E-state index in [2.05, 4.69) is 17.9 Å². The number of amides is 1. The van der Waals surface area contributed by atoms with Gasteiger partial charge in [-0.25, -0.2) is 0 Å². The predicted molar refractivity (Wildman–Crippen MR) is 57.4 cm³/mol. The maximum atomic E-state index is 11.4. The van der Waals surface area contributed by atoms with Crippen molar-refractivity contribution < 1.29 is 14.7 Å². The van der Waals surface area contributed by atoms with E-state index in [1.165, 1.54) is 0 Å². The molecule has 0 aromatic carbocycles. The van der Waals surface area contributed by atoms with Crippen LogP contribution in [0, 0.1) is 11.8 Å². The first-order valence-corrected chi connectivity index (χ1v) is 5.21. The van der Waals surface area contributed by atoms with Crippen LogP contribution in [0.2, 0.25) is 0 Å². The lowest BCUT2D eigenvalue weighted by Crippen LogP contribution is -2.35. The lowest BCUT2D eigenvalue weighted by atomic mass is 9.98. The monoisotopic (exact) mass is 219 g/mol. The van der Waals surface area contributed by atoms with Crippen molar-refractivity contribution in [1.29, 1.82) is 0 Å². The van der Waals surface area contributed by atoms with Crippen LogP contribution in [0.5, 0.6) is 0 Å². The zero-order chi connectivity index (χ0) is 11.1. The van der Waals surface area contributed by atoms with E-state index in [9.17, 15) is 9.59 Å². The third-order valence-electron chi connectivity index (χ3n) is 1.76. The van der Waals surface area contributed by atoms with E-state index >= 15 is 0 Å². The molecule has 0 fully saturated rings. The molecule has 1 unspecified atom stereocenters. The Balaban J connectivity index is 3.97. The van der Waals surface area contributed by atoms with Crippen molar-refractivity contribution in [2.45, 2.75) is 20.3 Å². The molecule has 1 amide bonds. The second-order valence-electron chi connectivity index (χ2n) is 3.62. The van der Waals surface area contributed by atoms with Gasteiger partial charge >= 0.3 is 5.97 Å². The molecule has 0 spiro atoms. The molecule has 0 radical (unpaired) electrons. The Morgan fingerprint density at radius 2 is 2.00 bits per heavy atom. The van der Waals surface area contributed by atoms with Crippen LogP contribution in [0.1, 0.15) is 20.3 Å². The molecule has 14 heavy (non-hydrogen) atoms. The highest BCUT2D eigenvalue weighted by atomic mass is 32.1. The maximum absolute atomic E-state index is 11.4. The van der Waals surface area contributed by atoms with Gasteiger partial charge in [-0.2, -0.15) is 12.6 Å². The number of hydrogen-bond acceptors (Lipinski definition) is 3. The molecule has 0 saturated heterocycles. The Hall–Kier alpha value is -0.710. The van der Waals surface area contributed by atoms with E-state index in [0.717, 1.165) is 6.42 Å². The van der Waals surface area contributed by atoms with Crippen molar-refractivity contribution in [2.24, 2.45) is 11.8 Å². The molecular formula is C9H17NO3S. The van der Waals surface area contributed by atoms with Crippen LogP contribution in [-0.4, -0.2) is 29.3 Å². The summed E-state index contributed by atoms with van der Waals surface area (Å²) in [6.07, 6.45) is 0.731. The summed E-state index contributed by atoms with van der Waals surface area (Å²) in [4.78, 5) is 21.6. The largest absolute Gasteiger partial charge is 0.480 e. The Morgan fingerprint density at radius 3 is 2.36 bits per heavy atom. The molecule has 0 rings (SSSR count). The number of rotatable bonds is 6. The minimum absolute atomic E-state index is 0.197. The average Bonchev–Trinajstić information content (AvgIpc) is 2.09. The second-order valence-corrected chi connectivity index (χ2v) is 3.99. The zero-order valence-corrected chi connectivity index (χ0v) is 9.38. The molecule has 0 aliphatic carbocycles. The van der Waals surface area contributed by atoms with Gasteiger partial charge in [0.05, 0.1) is 0 Å². The second kappa shape index (κ2) is 6.70. The zero-order valence-electron chi connectivity index (χ0n) is 8.49. The Morgan fingerprint density at radius 1 is 1.43 bits per heavy atom. The summed E-state index contributed by atoms with van der Waals surface area (Å²) in [6.45, 7) is 3.71. The van der Waals surface area contributed by atoms with Crippen molar-refractivity contribution in [3.05, 3.63) is 0 Å². The first-order valence-electron chi connectivity index (χ1n) is 4.57. The van der Waals surface area contributed by atoms with E-state index in [0.29, 0.717) is 11.7 Å².